The van der Waals surface area contributed by atoms with Crippen molar-refractivity contribution in [1.29, 1.82) is 5.41 Å². The predicted octanol–water partition coefficient (Wildman–Crippen LogP) is 3.86. The average molecular weight is 295 g/mol. The Morgan fingerprint density at radius 1 is 1.11 bits per heavy atom. The number of ether oxygens (including phenoxy) is 1. The fourth-order valence-electron chi connectivity index (χ4n) is 1.63. The summed E-state index contributed by atoms with van der Waals surface area (Å²) in [5.41, 5.74) is 6.83. The van der Waals surface area contributed by atoms with Crippen LogP contribution in [0.5, 0.6) is 5.75 Å². The van der Waals surface area contributed by atoms with Crippen molar-refractivity contribution >= 4 is 29.0 Å². The Kier molecular flexibility index (Phi) is 4.30. The third-order valence-corrected chi connectivity index (χ3v) is 3.45. The molecule has 0 saturated heterocycles. The van der Waals surface area contributed by atoms with Gasteiger partial charge in [-0.25, -0.2) is 0 Å². The maximum absolute atomic E-state index is 7.49. The molecular formula is C14H12Cl2N2O. The standard InChI is InChI=1S/C14H12Cl2N2O/c15-11-6-3-4-9(13(11)16)8-19-12-7-2-1-5-10(12)14(17)18/h1-7H,8H2,(H3,17,18). The highest BCUT2D eigenvalue weighted by atomic mass is 35.5. The summed E-state index contributed by atoms with van der Waals surface area (Å²) >= 11 is 12.0. The largest absolute Gasteiger partial charge is 0.488 e. The van der Waals surface area contributed by atoms with Gasteiger partial charge in [0.1, 0.15) is 18.2 Å². The lowest BCUT2D eigenvalue weighted by molar-refractivity contribution is 0.305. The fraction of sp³-hybridized carbons (Fsp3) is 0.0714. The Labute approximate surface area is 121 Å². The van der Waals surface area contributed by atoms with Gasteiger partial charge in [-0.3, -0.25) is 5.41 Å². The second-order valence-corrected chi connectivity index (χ2v) is 4.70. The van der Waals surface area contributed by atoms with Crippen molar-refractivity contribution in [3.05, 3.63) is 63.6 Å². The Bertz CT molecular complexity index is 614. The van der Waals surface area contributed by atoms with E-state index in [1.165, 1.54) is 0 Å². The Balaban J connectivity index is 2.19. The van der Waals surface area contributed by atoms with Gasteiger partial charge in [-0.15, -0.1) is 0 Å². The van der Waals surface area contributed by atoms with Crippen LogP contribution in [0.25, 0.3) is 0 Å². The summed E-state index contributed by atoms with van der Waals surface area (Å²) in [7, 11) is 0. The van der Waals surface area contributed by atoms with Crippen molar-refractivity contribution < 1.29 is 4.74 Å². The molecule has 0 atom stereocenters. The van der Waals surface area contributed by atoms with Crippen molar-refractivity contribution in [2.24, 2.45) is 5.73 Å². The second kappa shape index (κ2) is 5.95. The first kappa shape index (κ1) is 13.7. The number of nitrogens with one attached hydrogen (secondary N) is 1. The fourth-order valence-corrected chi connectivity index (χ4v) is 2.01. The molecule has 0 fully saturated rings. The minimum absolute atomic E-state index is 0.0345. The monoisotopic (exact) mass is 294 g/mol. The lowest BCUT2D eigenvalue weighted by Crippen LogP contribution is -2.13. The number of hydrogen-bond donors (Lipinski definition) is 2. The van der Waals surface area contributed by atoms with E-state index in [2.05, 4.69) is 0 Å². The molecule has 0 spiro atoms. The molecule has 0 aromatic heterocycles. The van der Waals surface area contributed by atoms with E-state index in [9.17, 15) is 0 Å². The van der Waals surface area contributed by atoms with Gasteiger partial charge in [0.15, 0.2) is 0 Å². The number of benzene rings is 2. The smallest absolute Gasteiger partial charge is 0.130 e. The minimum atomic E-state index is -0.0345. The van der Waals surface area contributed by atoms with Gasteiger partial charge in [-0.05, 0) is 18.2 Å². The summed E-state index contributed by atoms with van der Waals surface area (Å²) in [6, 6.07) is 12.5. The van der Waals surface area contributed by atoms with Gasteiger partial charge in [-0.2, -0.15) is 0 Å². The molecular weight excluding hydrogens is 283 g/mol. The van der Waals surface area contributed by atoms with Crippen molar-refractivity contribution in [3.8, 4) is 5.75 Å². The minimum Gasteiger partial charge on any atom is -0.488 e. The Hall–Kier alpha value is -1.71. The summed E-state index contributed by atoms with van der Waals surface area (Å²) in [4.78, 5) is 0. The van der Waals surface area contributed by atoms with Crippen LogP contribution in [0.1, 0.15) is 11.1 Å². The predicted molar refractivity (Wildman–Crippen MR) is 78.3 cm³/mol. The van der Waals surface area contributed by atoms with Crippen molar-refractivity contribution in [1.82, 2.24) is 0 Å². The average Bonchev–Trinajstić information content (AvgIpc) is 2.40. The normalized spacial score (nSPS) is 10.2. The van der Waals surface area contributed by atoms with Crippen LogP contribution >= 0.6 is 23.2 Å². The molecule has 3 nitrogen and oxygen atoms in total. The molecule has 5 heteroatoms. The molecule has 2 aromatic rings. The third-order valence-electron chi connectivity index (χ3n) is 2.59. The SMILES string of the molecule is N=C(N)c1ccccc1OCc1cccc(Cl)c1Cl. The molecule has 0 heterocycles. The summed E-state index contributed by atoms with van der Waals surface area (Å²) < 4.78 is 5.66. The van der Waals surface area contributed by atoms with E-state index >= 15 is 0 Å². The quantitative estimate of drug-likeness (QED) is 0.664. The lowest BCUT2D eigenvalue weighted by Gasteiger charge is -2.11. The number of nitrogens with two attached hydrogens (primary N) is 1. The van der Waals surface area contributed by atoms with Crippen LogP contribution in [-0.2, 0) is 6.61 Å². The molecule has 0 aliphatic rings. The zero-order valence-corrected chi connectivity index (χ0v) is 11.5. The molecule has 0 aliphatic heterocycles. The van der Waals surface area contributed by atoms with Crippen LogP contribution in [0.3, 0.4) is 0 Å². The topological polar surface area (TPSA) is 59.1 Å². The van der Waals surface area contributed by atoms with Gasteiger partial charge in [0.05, 0.1) is 15.6 Å². The number of nitrogen functional groups attached to an aromatic ring is 1. The first-order valence-electron chi connectivity index (χ1n) is 5.58. The van der Waals surface area contributed by atoms with Gasteiger partial charge in [0, 0.05) is 5.56 Å². The number of amidine groups is 1. The van der Waals surface area contributed by atoms with Crippen molar-refractivity contribution in [2.75, 3.05) is 0 Å². The van der Waals surface area contributed by atoms with Crippen LogP contribution in [0.2, 0.25) is 10.0 Å². The number of halogens is 2. The van der Waals surface area contributed by atoms with Gasteiger partial charge < -0.3 is 10.5 Å². The summed E-state index contributed by atoms with van der Waals surface area (Å²) in [6.45, 7) is 0.268. The van der Waals surface area contributed by atoms with Gasteiger partial charge in [0.25, 0.3) is 0 Å². The van der Waals surface area contributed by atoms with Crippen molar-refractivity contribution in [3.63, 3.8) is 0 Å². The van der Waals surface area contributed by atoms with Crippen LogP contribution in [0.4, 0.5) is 0 Å². The summed E-state index contributed by atoms with van der Waals surface area (Å²) in [6.07, 6.45) is 0. The first-order valence-corrected chi connectivity index (χ1v) is 6.34. The highest BCUT2D eigenvalue weighted by Gasteiger charge is 2.08. The van der Waals surface area contributed by atoms with E-state index in [-0.39, 0.29) is 12.4 Å². The first-order chi connectivity index (χ1) is 9.09. The summed E-state index contributed by atoms with van der Waals surface area (Å²) in [5.74, 6) is 0.513. The molecule has 0 amide bonds. The van der Waals surface area contributed by atoms with E-state index in [0.717, 1.165) is 5.56 Å². The van der Waals surface area contributed by atoms with Crippen LogP contribution in [-0.4, -0.2) is 5.84 Å². The third kappa shape index (κ3) is 3.19. The zero-order valence-electron chi connectivity index (χ0n) is 9.99. The van der Waals surface area contributed by atoms with Crippen molar-refractivity contribution in [2.45, 2.75) is 6.61 Å². The summed E-state index contributed by atoms with van der Waals surface area (Å²) in [5, 5.41) is 8.45. The highest BCUT2D eigenvalue weighted by molar-refractivity contribution is 6.42. The lowest BCUT2D eigenvalue weighted by atomic mass is 10.2. The molecule has 3 N–H and O–H groups in total. The van der Waals surface area contributed by atoms with E-state index in [1.807, 2.05) is 18.2 Å². The van der Waals surface area contributed by atoms with Gasteiger partial charge in [0.2, 0.25) is 0 Å². The Morgan fingerprint density at radius 2 is 1.84 bits per heavy atom. The number of hydrogen-bond acceptors (Lipinski definition) is 2. The van der Waals surface area contributed by atoms with Gasteiger partial charge >= 0.3 is 0 Å². The molecule has 0 radical (unpaired) electrons. The van der Waals surface area contributed by atoms with Gasteiger partial charge in [-0.1, -0.05) is 47.5 Å². The molecule has 0 saturated carbocycles. The van der Waals surface area contributed by atoms with E-state index in [4.69, 9.17) is 39.1 Å². The van der Waals surface area contributed by atoms with Crippen LogP contribution < -0.4 is 10.5 Å². The molecule has 2 aromatic carbocycles. The molecule has 0 bridgehead atoms. The van der Waals surface area contributed by atoms with E-state index in [0.29, 0.717) is 21.4 Å². The van der Waals surface area contributed by atoms with E-state index < -0.39 is 0 Å². The molecule has 98 valence electrons. The number of rotatable bonds is 4. The Morgan fingerprint density at radius 3 is 2.58 bits per heavy atom. The maximum atomic E-state index is 7.49. The molecule has 19 heavy (non-hydrogen) atoms. The second-order valence-electron chi connectivity index (χ2n) is 3.91. The zero-order chi connectivity index (χ0) is 13.8. The van der Waals surface area contributed by atoms with E-state index in [1.54, 1.807) is 24.3 Å². The highest BCUT2D eigenvalue weighted by Crippen LogP contribution is 2.27. The molecule has 2 rings (SSSR count). The maximum Gasteiger partial charge on any atom is 0.130 e. The molecule has 0 unspecified atom stereocenters. The van der Waals surface area contributed by atoms with Crippen LogP contribution in [0.15, 0.2) is 42.5 Å². The molecule has 0 aliphatic carbocycles. The van der Waals surface area contributed by atoms with Crippen LogP contribution in [0, 0.1) is 5.41 Å². The number of para-hydroxylation sites is 1.